The van der Waals surface area contributed by atoms with E-state index in [2.05, 4.69) is 27.1 Å². The van der Waals surface area contributed by atoms with Crippen molar-refractivity contribution in [1.82, 2.24) is 19.7 Å². The van der Waals surface area contributed by atoms with Crippen molar-refractivity contribution in [2.75, 3.05) is 5.32 Å². The first-order valence-corrected chi connectivity index (χ1v) is 9.52. The maximum atomic E-state index is 14.1. The third-order valence-electron chi connectivity index (χ3n) is 3.46. The van der Waals surface area contributed by atoms with Crippen molar-refractivity contribution in [2.24, 2.45) is 0 Å². The first-order valence-electron chi connectivity index (χ1n) is 7.76. The average Bonchev–Trinajstić information content (AvgIpc) is 3.26. The van der Waals surface area contributed by atoms with Gasteiger partial charge in [0, 0.05) is 18.1 Å². The number of hydrogen-bond acceptors (Lipinski definition) is 6. The molecule has 2 aromatic heterocycles. The quantitative estimate of drug-likeness (QED) is 0.491. The van der Waals surface area contributed by atoms with Crippen molar-refractivity contribution in [3.63, 3.8) is 0 Å². The molecule has 0 bridgehead atoms. The third kappa shape index (κ3) is 4.00. The summed E-state index contributed by atoms with van der Waals surface area (Å²) in [5.74, 6) is -0.167. The molecular weight excluding hydrogens is 373 g/mol. The summed E-state index contributed by atoms with van der Waals surface area (Å²) in [6.45, 7) is 5.90. The number of thioether (sulfide) groups is 1. The second-order valence-electron chi connectivity index (χ2n) is 5.27. The first-order chi connectivity index (χ1) is 12.6. The molecule has 2 heterocycles. The van der Waals surface area contributed by atoms with Gasteiger partial charge in [-0.2, -0.15) is 0 Å². The number of thiazole rings is 1. The van der Waals surface area contributed by atoms with Crippen molar-refractivity contribution in [3.05, 3.63) is 54.3 Å². The van der Waals surface area contributed by atoms with Crippen LogP contribution in [-0.2, 0) is 11.3 Å². The fraction of sp³-hybridized carbons (Fsp3) is 0.176. The van der Waals surface area contributed by atoms with Crippen LogP contribution in [0.4, 0.5) is 9.52 Å². The number of carbonyl (C=O) groups excluding carboxylic acids is 1. The lowest BCUT2D eigenvalue weighted by atomic mass is 10.2. The lowest BCUT2D eigenvalue weighted by Gasteiger charge is -2.12. The molecule has 1 N–H and O–H groups in total. The highest BCUT2D eigenvalue weighted by atomic mass is 32.2. The molecule has 1 unspecified atom stereocenters. The van der Waals surface area contributed by atoms with Gasteiger partial charge in [-0.25, -0.2) is 9.37 Å². The van der Waals surface area contributed by atoms with Gasteiger partial charge in [0.25, 0.3) is 0 Å². The van der Waals surface area contributed by atoms with E-state index < -0.39 is 5.25 Å². The van der Waals surface area contributed by atoms with Gasteiger partial charge in [-0.1, -0.05) is 30.0 Å². The zero-order valence-electron chi connectivity index (χ0n) is 13.9. The second-order valence-corrected chi connectivity index (χ2v) is 7.47. The minimum absolute atomic E-state index is 0.189. The SMILES string of the molecule is C=CCn1c(SC(C)C(=O)Nc2nccs2)nnc1-c1ccccc1F. The topological polar surface area (TPSA) is 72.7 Å². The van der Waals surface area contributed by atoms with Gasteiger partial charge in [0.05, 0.1) is 10.8 Å². The molecule has 26 heavy (non-hydrogen) atoms. The van der Waals surface area contributed by atoms with Crippen LogP contribution in [0.5, 0.6) is 0 Å². The van der Waals surface area contributed by atoms with Crippen LogP contribution in [0.1, 0.15) is 6.92 Å². The Balaban J connectivity index is 1.82. The van der Waals surface area contributed by atoms with Crippen molar-refractivity contribution < 1.29 is 9.18 Å². The summed E-state index contributed by atoms with van der Waals surface area (Å²) in [6.07, 6.45) is 3.30. The molecule has 3 aromatic rings. The van der Waals surface area contributed by atoms with E-state index in [1.807, 2.05) is 0 Å². The van der Waals surface area contributed by atoms with Crippen LogP contribution in [0, 0.1) is 5.82 Å². The van der Waals surface area contributed by atoms with Gasteiger partial charge in [-0.05, 0) is 19.1 Å². The van der Waals surface area contributed by atoms with Crippen LogP contribution in [0.3, 0.4) is 0 Å². The fourth-order valence-corrected chi connectivity index (χ4v) is 3.61. The zero-order valence-corrected chi connectivity index (χ0v) is 15.6. The molecule has 6 nitrogen and oxygen atoms in total. The number of rotatable bonds is 7. The van der Waals surface area contributed by atoms with Gasteiger partial charge in [-0.15, -0.1) is 28.1 Å². The summed E-state index contributed by atoms with van der Waals surface area (Å²) in [5.41, 5.74) is 0.355. The van der Waals surface area contributed by atoms with Crippen molar-refractivity contribution >= 4 is 34.1 Å². The van der Waals surface area contributed by atoms with E-state index in [9.17, 15) is 9.18 Å². The van der Waals surface area contributed by atoms with Crippen molar-refractivity contribution in [1.29, 1.82) is 0 Å². The Morgan fingerprint density at radius 1 is 1.46 bits per heavy atom. The van der Waals surface area contributed by atoms with Gasteiger partial charge in [0.2, 0.25) is 5.91 Å². The number of anilines is 1. The molecule has 1 amide bonds. The van der Waals surface area contributed by atoms with E-state index >= 15 is 0 Å². The van der Waals surface area contributed by atoms with Crippen molar-refractivity contribution in [2.45, 2.75) is 23.9 Å². The number of nitrogens with one attached hydrogen (secondary N) is 1. The van der Waals surface area contributed by atoms with Crippen LogP contribution in [0.25, 0.3) is 11.4 Å². The number of aromatic nitrogens is 4. The lowest BCUT2D eigenvalue weighted by molar-refractivity contribution is -0.115. The molecule has 0 spiro atoms. The molecule has 134 valence electrons. The van der Waals surface area contributed by atoms with E-state index in [1.54, 1.807) is 47.3 Å². The molecule has 0 aliphatic carbocycles. The number of amides is 1. The second kappa shape index (κ2) is 8.24. The maximum Gasteiger partial charge on any atom is 0.239 e. The lowest BCUT2D eigenvalue weighted by Crippen LogP contribution is -2.22. The normalized spacial score (nSPS) is 11.9. The molecule has 0 saturated carbocycles. The van der Waals surface area contributed by atoms with Crippen LogP contribution in [0.2, 0.25) is 0 Å². The molecule has 0 aliphatic heterocycles. The Kier molecular flexibility index (Phi) is 5.79. The third-order valence-corrected chi connectivity index (χ3v) is 5.23. The molecule has 3 rings (SSSR count). The Morgan fingerprint density at radius 3 is 2.96 bits per heavy atom. The number of carbonyl (C=O) groups is 1. The molecule has 0 aliphatic rings. The molecule has 0 radical (unpaired) electrons. The smallest absolute Gasteiger partial charge is 0.239 e. The van der Waals surface area contributed by atoms with Gasteiger partial charge < -0.3 is 5.32 Å². The van der Waals surface area contributed by atoms with Crippen LogP contribution in [0.15, 0.2) is 53.7 Å². The molecule has 0 fully saturated rings. The highest BCUT2D eigenvalue weighted by Gasteiger charge is 2.22. The van der Waals surface area contributed by atoms with Crippen LogP contribution >= 0.6 is 23.1 Å². The van der Waals surface area contributed by atoms with Crippen molar-refractivity contribution in [3.8, 4) is 11.4 Å². The van der Waals surface area contributed by atoms with Gasteiger partial charge in [-0.3, -0.25) is 9.36 Å². The maximum absolute atomic E-state index is 14.1. The molecule has 1 atom stereocenters. The largest absolute Gasteiger partial charge is 0.301 e. The highest BCUT2D eigenvalue weighted by Crippen LogP contribution is 2.28. The average molecular weight is 389 g/mol. The van der Waals surface area contributed by atoms with E-state index in [4.69, 9.17) is 0 Å². The standard InChI is InChI=1S/C17H16FN5OS2/c1-3-9-23-14(12-6-4-5-7-13(12)18)21-22-17(23)26-11(2)15(24)20-16-19-8-10-25-16/h3-8,10-11H,1,9H2,2H3,(H,19,20,24). The fourth-order valence-electron chi connectivity index (χ4n) is 2.22. The minimum Gasteiger partial charge on any atom is -0.301 e. The Bertz CT molecular complexity index is 910. The number of allylic oxidation sites excluding steroid dienone is 1. The summed E-state index contributed by atoms with van der Waals surface area (Å²) in [7, 11) is 0. The first kappa shape index (κ1) is 18.3. The van der Waals surface area contributed by atoms with Gasteiger partial charge >= 0.3 is 0 Å². The minimum atomic E-state index is -0.430. The number of benzene rings is 1. The molecule has 9 heteroatoms. The van der Waals surface area contributed by atoms with E-state index in [1.165, 1.54) is 29.2 Å². The summed E-state index contributed by atoms with van der Waals surface area (Å²) >= 11 is 2.59. The zero-order chi connectivity index (χ0) is 18.5. The monoisotopic (exact) mass is 389 g/mol. The predicted molar refractivity (Wildman–Crippen MR) is 102 cm³/mol. The summed E-state index contributed by atoms with van der Waals surface area (Å²) < 4.78 is 15.9. The van der Waals surface area contributed by atoms with Gasteiger partial charge in [0.1, 0.15) is 5.82 Å². The molecule has 0 saturated heterocycles. The molecule has 1 aromatic carbocycles. The summed E-state index contributed by atoms with van der Waals surface area (Å²) in [5, 5.41) is 13.4. The van der Waals surface area contributed by atoms with Crippen LogP contribution < -0.4 is 5.32 Å². The number of nitrogens with zero attached hydrogens (tertiary/aromatic N) is 4. The molecular formula is C17H16FN5OS2. The highest BCUT2D eigenvalue weighted by molar-refractivity contribution is 8.00. The Labute approximate surface area is 158 Å². The Morgan fingerprint density at radius 2 is 2.27 bits per heavy atom. The van der Waals surface area contributed by atoms with Gasteiger partial charge in [0.15, 0.2) is 16.1 Å². The summed E-state index contributed by atoms with van der Waals surface area (Å²) in [6, 6.07) is 6.38. The summed E-state index contributed by atoms with van der Waals surface area (Å²) in [4.78, 5) is 16.3. The van der Waals surface area contributed by atoms with E-state index in [0.717, 1.165) is 0 Å². The van der Waals surface area contributed by atoms with E-state index in [-0.39, 0.29) is 11.7 Å². The van der Waals surface area contributed by atoms with Crippen LogP contribution in [-0.4, -0.2) is 30.9 Å². The Hall–Kier alpha value is -2.52. The van der Waals surface area contributed by atoms with E-state index in [0.29, 0.717) is 28.2 Å². The number of halogens is 1. The predicted octanol–water partition coefficient (Wildman–Crippen LogP) is 3.85. The number of hydrogen-bond donors (Lipinski definition) is 1.